The SMILES string of the molecule is Cc1cc(Br)ccc1NC(=O)CN(C)C(=O)COCc1ccccc1. The van der Waals surface area contributed by atoms with Gasteiger partial charge in [-0.25, -0.2) is 0 Å². The van der Waals surface area contributed by atoms with E-state index in [1.807, 2.05) is 55.5 Å². The Morgan fingerprint density at radius 1 is 1.16 bits per heavy atom. The van der Waals surface area contributed by atoms with Gasteiger partial charge in [0.1, 0.15) is 6.61 Å². The molecule has 0 aliphatic heterocycles. The van der Waals surface area contributed by atoms with E-state index in [9.17, 15) is 9.59 Å². The molecule has 2 aromatic rings. The molecule has 0 heterocycles. The molecule has 0 atom stereocenters. The van der Waals surface area contributed by atoms with E-state index in [1.165, 1.54) is 4.90 Å². The molecule has 25 heavy (non-hydrogen) atoms. The number of hydrogen-bond donors (Lipinski definition) is 1. The maximum atomic E-state index is 12.1. The Bertz CT molecular complexity index is 735. The first kappa shape index (κ1) is 19.1. The molecule has 0 unspecified atom stereocenters. The molecule has 0 fully saturated rings. The molecular formula is C19H21BrN2O3. The zero-order chi connectivity index (χ0) is 18.2. The van der Waals surface area contributed by atoms with Gasteiger partial charge in [-0.05, 0) is 36.2 Å². The summed E-state index contributed by atoms with van der Waals surface area (Å²) in [7, 11) is 1.59. The number of nitrogens with zero attached hydrogens (tertiary/aromatic N) is 1. The van der Waals surface area contributed by atoms with Gasteiger partial charge in [0.2, 0.25) is 11.8 Å². The van der Waals surface area contributed by atoms with Gasteiger partial charge in [0, 0.05) is 17.2 Å². The number of anilines is 1. The Morgan fingerprint density at radius 2 is 1.88 bits per heavy atom. The van der Waals surface area contributed by atoms with Crippen LogP contribution in [0.15, 0.2) is 53.0 Å². The number of aryl methyl sites for hydroxylation is 1. The van der Waals surface area contributed by atoms with Gasteiger partial charge in [-0.3, -0.25) is 9.59 Å². The van der Waals surface area contributed by atoms with Crippen molar-refractivity contribution in [2.45, 2.75) is 13.5 Å². The first-order valence-corrected chi connectivity index (χ1v) is 8.66. The predicted octanol–water partition coefficient (Wildman–Crippen LogP) is 3.37. The van der Waals surface area contributed by atoms with Crippen LogP contribution in [-0.2, 0) is 20.9 Å². The van der Waals surface area contributed by atoms with Gasteiger partial charge >= 0.3 is 0 Å². The Labute approximate surface area is 156 Å². The van der Waals surface area contributed by atoms with Crippen molar-refractivity contribution in [3.8, 4) is 0 Å². The average Bonchev–Trinajstić information content (AvgIpc) is 2.58. The van der Waals surface area contributed by atoms with E-state index in [4.69, 9.17) is 4.74 Å². The summed E-state index contributed by atoms with van der Waals surface area (Å²) in [4.78, 5) is 25.5. The van der Waals surface area contributed by atoms with Gasteiger partial charge in [-0.2, -0.15) is 0 Å². The number of halogens is 1. The summed E-state index contributed by atoms with van der Waals surface area (Å²) in [5, 5.41) is 2.81. The van der Waals surface area contributed by atoms with Crippen molar-refractivity contribution < 1.29 is 14.3 Å². The first-order valence-electron chi connectivity index (χ1n) is 7.87. The number of carbonyl (C=O) groups is 2. The molecule has 5 nitrogen and oxygen atoms in total. The molecule has 0 spiro atoms. The van der Waals surface area contributed by atoms with Crippen LogP contribution < -0.4 is 5.32 Å². The number of amides is 2. The van der Waals surface area contributed by atoms with E-state index in [1.54, 1.807) is 7.05 Å². The highest BCUT2D eigenvalue weighted by Gasteiger charge is 2.14. The monoisotopic (exact) mass is 404 g/mol. The number of carbonyl (C=O) groups excluding carboxylic acids is 2. The molecule has 132 valence electrons. The fourth-order valence-corrected chi connectivity index (χ4v) is 2.68. The highest BCUT2D eigenvalue weighted by atomic mass is 79.9. The Kier molecular flexibility index (Phi) is 7.16. The number of ether oxygens (including phenoxy) is 1. The van der Waals surface area contributed by atoms with E-state index in [0.717, 1.165) is 21.3 Å². The molecule has 0 aliphatic carbocycles. The fourth-order valence-electron chi connectivity index (χ4n) is 2.20. The molecule has 6 heteroatoms. The van der Waals surface area contributed by atoms with Crippen molar-refractivity contribution in [1.29, 1.82) is 0 Å². The predicted molar refractivity (Wildman–Crippen MR) is 101 cm³/mol. The second-order valence-corrected chi connectivity index (χ2v) is 6.65. The summed E-state index contributed by atoms with van der Waals surface area (Å²) in [6.07, 6.45) is 0. The highest BCUT2D eigenvalue weighted by molar-refractivity contribution is 9.10. The van der Waals surface area contributed by atoms with Crippen LogP contribution in [0, 0.1) is 6.92 Å². The zero-order valence-electron chi connectivity index (χ0n) is 14.3. The lowest BCUT2D eigenvalue weighted by atomic mass is 10.2. The lowest BCUT2D eigenvalue weighted by molar-refractivity contribution is -0.137. The highest BCUT2D eigenvalue weighted by Crippen LogP contribution is 2.19. The third-order valence-corrected chi connectivity index (χ3v) is 4.10. The number of benzene rings is 2. The molecule has 0 aliphatic rings. The number of nitrogens with one attached hydrogen (secondary N) is 1. The molecular weight excluding hydrogens is 384 g/mol. The summed E-state index contributed by atoms with van der Waals surface area (Å²) in [5.41, 5.74) is 2.68. The molecule has 0 aromatic heterocycles. The Balaban J connectivity index is 1.76. The summed E-state index contributed by atoms with van der Waals surface area (Å²) < 4.78 is 6.36. The van der Waals surface area contributed by atoms with Crippen molar-refractivity contribution in [2.24, 2.45) is 0 Å². The maximum absolute atomic E-state index is 12.1. The van der Waals surface area contributed by atoms with E-state index in [-0.39, 0.29) is 25.0 Å². The van der Waals surface area contributed by atoms with Crippen LogP contribution in [0.2, 0.25) is 0 Å². The van der Waals surface area contributed by atoms with Crippen LogP contribution in [0.3, 0.4) is 0 Å². The standard InChI is InChI=1S/C19H21BrN2O3/c1-14-10-16(20)8-9-17(14)21-18(23)11-22(2)19(24)13-25-12-15-6-4-3-5-7-15/h3-10H,11-13H2,1-2H3,(H,21,23). The second kappa shape index (κ2) is 9.34. The number of likely N-dealkylation sites (N-methyl/N-ethyl adjacent to an activating group) is 1. The second-order valence-electron chi connectivity index (χ2n) is 5.74. The lowest BCUT2D eigenvalue weighted by Gasteiger charge is -2.17. The first-order chi connectivity index (χ1) is 12.0. The van der Waals surface area contributed by atoms with Crippen LogP contribution in [-0.4, -0.2) is 36.9 Å². The fraction of sp³-hybridized carbons (Fsp3) is 0.263. The van der Waals surface area contributed by atoms with E-state index in [2.05, 4.69) is 21.2 Å². The zero-order valence-corrected chi connectivity index (χ0v) is 15.9. The molecule has 2 amide bonds. The van der Waals surface area contributed by atoms with Crippen molar-refractivity contribution >= 4 is 33.4 Å². The van der Waals surface area contributed by atoms with Crippen LogP contribution in [0.25, 0.3) is 0 Å². The van der Waals surface area contributed by atoms with Gasteiger partial charge in [-0.15, -0.1) is 0 Å². The minimum atomic E-state index is -0.246. The van der Waals surface area contributed by atoms with Crippen LogP contribution in [0.4, 0.5) is 5.69 Å². The summed E-state index contributed by atoms with van der Waals surface area (Å²) in [5.74, 6) is -0.483. The van der Waals surface area contributed by atoms with Crippen molar-refractivity contribution in [3.05, 3.63) is 64.1 Å². The topological polar surface area (TPSA) is 58.6 Å². The van der Waals surface area contributed by atoms with Crippen LogP contribution in [0.1, 0.15) is 11.1 Å². The molecule has 0 saturated heterocycles. The van der Waals surface area contributed by atoms with Crippen molar-refractivity contribution in [2.75, 3.05) is 25.5 Å². The summed E-state index contributed by atoms with van der Waals surface area (Å²) in [6.45, 7) is 2.19. The van der Waals surface area contributed by atoms with Crippen molar-refractivity contribution in [1.82, 2.24) is 4.90 Å². The maximum Gasteiger partial charge on any atom is 0.248 e. The van der Waals surface area contributed by atoms with Crippen LogP contribution >= 0.6 is 15.9 Å². The molecule has 0 saturated carbocycles. The molecule has 0 radical (unpaired) electrons. The summed E-state index contributed by atoms with van der Waals surface area (Å²) >= 11 is 3.38. The molecule has 2 rings (SSSR count). The van der Waals surface area contributed by atoms with Gasteiger partial charge < -0.3 is 15.0 Å². The van der Waals surface area contributed by atoms with E-state index < -0.39 is 0 Å². The Morgan fingerprint density at radius 3 is 2.56 bits per heavy atom. The normalized spacial score (nSPS) is 10.4. The average molecular weight is 405 g/mol. The minimum absolute atomic E-state index is 0.0248. The third kappa shape index (κ3) is 6.32. The van der Waals surface area contributed by atoms with E-state index in [0.29, 0.717) is 6.61 Å². The molecule has 1 N–H and O–H groups in total. The number of hydrogen-bond acceptors (Lipinski definition) is 3. The van der Waals surface area contributed by atoms with Gasteiger partial charge in [0.25, 0.3) is 0 Å². The molecule has 0 bridgehead atoms. The minimum Gasteiger partial charge on any atom is -0.367 e. The number of rotatable bonds is 7. The summed E-state index contributed by atoms with van der Waals surface area (Å²) in [6, 6.07) is 15.2. The largest absolute Gasteiger partial charge is 0.367 e. The van der Waals surface area contributed by atoms with Crippen LogP contribution in [0.5, 0.6) is 0 Å². The van der Waals surface area contributed by atoms with Crippen molar-refractivity contribution in [3.63, 3.8) is 0 Å². The molecule has 2 aromatic carbocycles. The van der Waals surface area contributed by atoms with E-state index >= 15 is 0 Å². The third-order valence-electron chi connectivity index (χ3n) is 3.61. The van der Waals surface area contributed by atoms with Gasteiger partial charge in [0.05, 0.1) is 13.2 Å². The van der Waals surface area contributed by atoms with Gasteiger partial charge in [0.15, 0.2) is 0 Å². The smallest absolute Gasteiger partial charge is 0.248 e. The van der Waals surface area contributed by atoms with Gasteiger partial charge in [-0.1, -0.05) is 46.3 Å². The quantitative estimate of drug-likeness (QED) is 0.769. The Hall–Kier alpha value is -2.18. The lowest BCUT2D eigenvalue weighted by Crippen LogP contribution is -2.37.